The molecule has 1 fully saturated rings. The van der Waals surface area contributed by atoms with Crippen LogP contribution in [0.3, 0.4) is 0 Å². The van der Waals surface area contributed by atoms with Crippen LogP contribution in [0.1, 0.15) is 43.0 Å². The van der Waals surface area contributed by atoms with E-state index in [1.54, 1.807) is 7.11 Å². The Morgan fingerprint density at radius 1 is 1.20 bits per heavy atom. The van der Waals surface area contributed by atoms with Crippen LogP contribution in [-0.4, -0.2) is 58.9 Å². The van der Waals surface area contributed by atoms with Crippen molar-refractivity contribution in [3.05, 3.63) is 41.5 Å². The molecule has 30 heavy (non-hydrogen) atoms. The summed E-state index contributed by atoms with van der Waals surface area (Å²) >= 11 is 0. The molecule has 1 aliphatic heterocycles. The number of methoxy groups -OCH3 is 1. The first kappa shape index (κ1) is 24.4. The Morgan fingerprint density at radius 2 is 1.93 bits per heavy atom. The zero-order valence-electron chi connectivity index (χ0n) is 18.4. The molecule has 0 bridgehead atoms. The summed E-state index contributed by atoms with van der Waals surface area (Å²) in [5.41, 5.74) is 1.21. The molecule has 2 heterocycles. The Balaban J connectivity index is 0.00000320. The van der Waals surface area contributed by atoms with Crippen LogP contribution in [0.2, 0.25) is 0 Å². The minimum atomic E-state index is 0. The second-order valence-electron chi connectivity index (χ2n) is 7.30. The second kappa shape index (κ2) is 12.1. The van der Waals surface area contributed by atoms with Crippen LogP contribution in [-0.2, 0) is 13.6 Å². The SMILES string of the molecule is CCNC(=NCc1nnc(C)n1C)NCC(c1ccccc1OC)N1CCCC1.I. The number of nitrogens with zero attached hydrogens (tertiary/aromatic N) is 5. The number of halogens is 1. The molecule has 1 atom stereocenters. The molecule has 2 N–H and O–H groups in total. The Kier molecular flexibility index (Phi) is 9.83. The molecule has 8 nitrogen and oxygen atoms in total. The number of ether oxygens (including phenoxy) is 1. The first-order valence-electron chi connectivity index (χ1n) is 10.4. The van der Waals surface area contributed by atoms with Gasteiger partial charge >= 0.3 is 0 Å². The number of benzene rings is 1. The lowest BCUT2D eigenvalue weighted by Crippen LogP contribution is -2.42. The number of likely N-dealkylation sites (tertiary alicyclic amines) is 1. The summed E-state index contributed by atoms with van der Waals surface area (Å²) < 4.78 is 7.61. The van der Waals surface area contributed by atoms with Crippen molar-refractivity contribution in [3.8, 4) is 5.75 Å². The average Bonchev–Trinajstić information content (AvgIpc) is 3.38. The van der Waals surface area contributed by atoms with Gasteiger partial charge < -0.3 is 19.9 Å². The van der Waals surface area contributed by atoms with E-state index in [2.05, 4.69) is 44.8 Å². The number of rotatable bonds is 8. The summed E-state index contributed by atoms with van der Waals surface area (Å²) in [4.78, 5) is 7.24. The monoisotopic (exact) mass is 527 g/mol. The van der Waals surface area contributed by atoms with Gasteiger partial charge in [-0.25, -0.2) is 4.99 Å². The molecule has 1 aromatic carbocycles. The lowest BCUT2D eigenvalue weighted by atomic mass is 10.0. The van der Waals surface area contributed by atoms with E-state index in [0.29, 0.717) is 6.54 Å². The number of hydrogen-bond donors (Lipinski definition) is 2. The van der Waals surface area contributed by atoms with Crippen molar-refractivity contribution < 1.29 is 4.74 Å². The van der Waals surface area contributed by atoms with Gasteiger partial charge in [0.05, 0.1) is 13.2 Å². The van der Waals surface area contributed by atoms with Gasteiger partial charge in [-0.2, -0.15) is 0 Å². The van der Waals surface area contributed by atoms with Crippen molar-refractivity contribution in [2.75, 3.05) is 33.3 Å². The molecule has 0 spiro atoms. The van der Waals surface area contributed by atoms with Gasteiger partial charge in [0.15, 0.2) is 11.8 Å². The van der Waals surface area contributed by atoms with E-state index >= 15 is 0 Å². The molecule has 0 saturated carbocycles. The quantitative estimate of drug-likeness (QED) is 0.312. The van der Waals surface area contributed by atoms with Crippen LogP contribution in [0.25, 0.3) is 0 Å². The van der Waals surface area contributed by atoms with Gasteiger partial charge in [0.1, 0.15) is 18.1 Å². The van der Waals surface area contributed by atoms with Crippen molar-refractivity contribution >= 4 is 29.9 Å². The Labute approximate surface area is 196 Å². The zero-order chi connectivity index (χ0) is 20.6. The van der Waals surface area contributed by atoms with Crippen molar-refractivity contribution in [1.82, 2.24) is 30.3 Å². The van der Waals surface area contributed by atoms with Gasteiger partial charge in [0.2, 0.25) is 0 Å². The molecule has 0 radical (unpaired) electrons. The Bertz CT molecular complexity index is 817. The molecular weight excluding hydrogens is 493 g/mol. The number of guanidine groups is 1. The predicted octanol–water partition coefficient (Wildman–Crippen LogP) is 2.64. The van der Waals surface area contributed by atoms with E-state index in [1.807, 2.05) is 30.7 Å². The maximum atomic E-state index is 5.64. The van der Waals surface area contributed by atoms with Crippen LogP contribution in [0.15, 0.2) is 29.3 Å². The highest BCUT2D eigenvalue weighted by Crippen LogP contribution is 2.31. The summed E-state index contributed by atoms with van der Waals surface area (Å²) in [6, 6.07) is 8.53. The van der Waals surface area contributed by atoms with E-state index in [9.17, 15) is 0 Å². The average molecular weight is 527 g/mol. The van der Waals surface area contributed by atoms with Gasteiger partial charge in [-0.3, -0.25) is 4.90 Å². The molecule has 3 rings (SSSR count). The molecule has 0 aliphatic carbocycles. The zero-order valence-corrected chi connectivity index (χ0v) is 20.7. The number of nitrogens with one attached hydrogen (secondary N) is 2. The first-order chi connectivity index (χ1) is 14.1. The van der Waals surface area contributed by atoms with Crippen molar-refractivity contribution in [1.29, 1.82) is 0 Å². The third kappa shape index (κ3) is 6.07. The predicted molar refractivity (Wildman–Crippen MR) is 131 cm³/mol. The van der Waals surface area contributed by atoms with E-state index in [-0.39, 0.29) is 30.0 Å². The van der Waals surface area contributed by atoms with Crippen molar-refractivity contribution in [2.24, 2.45) is 12.0 Å². The van der Waals surface area contributed by atoms with Gasteiger partial charge in [-0.05, 0) is 45.8 Å². The summed E-state index contributed by atoms with van der Waals surface area (Å²) in [7, 11) is 3.70. The molecule has 1 unspecified atom stereocenters. The highest BCUT2D eigenvalue weighted by atomic mass is 127. The largest absolute Gasteiger partial charge is 0.496 e. The van der Waals surface area contributed by atoms with Crippen LogP contribution < -0.4 is 15.4 Å². The van der Waals surface area contributed by atoms with Gasteiger partial charge in [-0.15, -0.1) is 34.2 Å². The molecule has 0 amide bonds. The van der Waals surface area contributed by atoms with Crippen LogP contribution in [0, 0.1) is 6.92 Å². The summed E-state index contributed by atoms with van der Waals surface area (Å²) in [5, 5.41) is 15.2. The molecule has 166 valence electrons. The van der Waals surface area contributed by atoms with Gasteiger partial charge in [-0.1, -0.05) is 18.2 Å². The minimum Gasteiger partial charge on any atom is -0.496 e. The number of hydrogen-bond acceptors (Lipinski definition) is 5. The Hall–Kier alpha value is -1.88. The summed E-state index contributed by atoms with van der Waals surface area (Å²) in [6.07, 6.45) is 2.48. The molecule has 1 aliphatic rings. The van der Waals surface area contributed by atoms with Gasteiger partial charge in [0.25, 0.3) is 0 Å². The minimum absolute atomic E-state index is 0. The fourth-order valence-corrected chi connectivity index (χ4v) is 3.70. The number of aliphatic imine (C=N–C) groups is 1. The fraction of sp³-hybridized carbons (Fsp3) is 0.571. The van der Waals surface area contributed by atoms with Crippen LogP contribution in [0.4, 0.5) is 0 Å². The fourth-order valence-electron chi connectivity index (χ4n) is 3.70. The summed E-state index contributed by atoms with van der Waals surface area (Å²) in [6.45, 7) is 8.26. The molecule has 9 heteroatoms. The van der Waals surface area contributed by atoms with Crippen LogP contribution >= 0.6 is 24.0 Å². The maximum absolute atomic E-state index is 5.64. The van der Waals surface area contributed by atoms with Gasteiger partial charge in [0, 0.05) is 25.7 Å². The molecule has 1 aromatic heterocycles. The Morgan fingerprint density at radius 3 is 2.57 bits per heavy atom. The standard InChI is InChI=1S/C21H33N7O.HI/c1-5-22-21(24-15-20-26-25-16(2)27(20)3)23-14-18(28-12-8-9-13-28)17-10-6-7-11-19(17)29-4;/h6-7,10-11,18H,5,8-9,12-15H2,1-4H3,(H2,22,23,24);1H. The topological polar surface area (TPSA) is 79.6 Å². The van der Waals surface area contributed by atoms with Crippen LogP contribution in [0.5, 0.6) is 5.75 Å². The van der Waals surface area contributed by atoms with E-state index in [4.69, 9.17) is 9.73 Å². The van der Waals surface area contributed by atoms with E-state index in [0.717, 1.165) is 49.5 Å². The lowest BCUT2D eigenvalue weighted by molar-refractivity contribution is 0.239. The molecular formula is C21H34IN7O. The highest BCUT2D eigenvalue weighted by Gasteiger charge is 2.26. The highest BCUT2D eigenvalue weighted by molar-refractivity contribution is 14.0. The summed E-state index contributed by atoms with van der Waals surface area (Å²) in [5.74, 6) is 3.45. The number of para-hydroxylation sites is 1. The molecule has 1 saturated heterocycles. The van der Waals surface area contributed by atoms with E-state index in [1.165, 1.54) is 18.4 Å². The van der Waals surface area contributed by atoms with E-state index < -0.39 is 0 Å². The normalized spacial score (nSPS) is 15.5. The van der Waals surface area contributed by atoms with Crippen molar-refractivity contribution in [2.45, 2.75) is 39.3 Å². The second-order valence-corrected chi connectivity index (χ2v) is 7.30. The third-order valence-electron chi connectivity index (χ3n) is 5.45. The maximum Gasteiger partial charge on any atom is 0.191 e. The number of aryl methyl sites for hydroxylation is 1. The number of aromatic nitrogens is 3. The van der Waals surface area contributed by atoms with Crippen molar-refractivity contribution in [3.63, 3.8) is 0 Å². The smallest absolute Gasteiger partial charge is 0.191 e. The first-order valence-corrected chi connectivity index (χ1v) is 10.4. The third-order valence-corrected chi connectivity index (χ3v) is 5.45. The molecule has 2 aromatic rings. The lowest BCUT2D eigenvalue weighted by Gasteiger charge is -2.30.